The number of likely N-dealkylation sites (tertiary alicyclic amines) is 1. The molecule has 0 radical (unpaired) electrons. The highest BCUT2D eigenvalue weighted by atomic mass is 16.6. The van der Waals surface area contributed by atoms with Gasteiger partial charge >= 0.3 is 5.97 Å². The maximum atomic E-state index is 12.7. The van der Waals surface area contributed by atoms with Crippen LogP contribution in [0, 0.1) is 17.8 Å². The van der Waals surface area contributed by atoms with Gasteiger partial charge < -0.3 is 4.74 Å². The molecule has 1 unspecified atom stereocenters. The van der Waals surface area contributed by atoms with E-state index in [9.17, 15) is 4.79 Å². The fourth-order valence-electron chi connectivity index (χ4n) is 4.36. The van der Waals surface area contributed by atoms with Gasteiger partial charge in [0.25, 0.3) is 0 Å². The number of hydrogen-bond donors (Lipinski definition) is 0. The third-order valence-corrected chi connectivity index (χ3v) is 6.23. The molecular formula is C22H33NO2. The predicted octanol–water partition coefficient (Wildman–Crippen LogP) is 4.66. The SMILES string of the molecule is CC(C)C1CCC(C)(OC(=O)C2CCN(Cc3ccccc3)C2)CC1. The first-order valence-electron chi connectivity index (χ1n) is 9.94. The van der Waals surface area contributed by atoms with Gasteiger partial charge in [0.2, 0.25) is 0 Å². The van der Waals surface area contributed by atoms with Gasteiger partial charge in [-0.15, -0.1) is 0 Å². The van der Waals surface area contributed by atoms with E-state index >= 15 is 0 Å². The van der Waals surface area contributed by atoms with Crippen molar-refractivity contribution < 1.29 is 9.53 Å². The molecule has 3 nitrogen and oxygen atoms in total. The molecule has 1 aromatic carbocycles. The standard InChI is InChI=1S/C22H33NO2/c1-17(2)19-9-12-22(3,13-10-19)25-21(24)20-11-14-23(16-20)15-18-7-5-4-6-8-18/h4-8,17,19-20H,9-16H2,1-3H3. The summed E-state index contributed by atoms with van der Waals surface area (Å²) in [7, 11) is 0. The second-order valence-electron chi connectivity index (χ2n) is 8.66. The molecule has 2 aliphatic rings. The van der Waals surface area contributed by atoms with Gasteiger partial charge in [0.05, 0.1) is 5.92 Å². The van der Waals surface area contributed by atoms with Crippen molar-refractivity contribution in [3.63, 3.8) is 0 Å². The van der Waals surface area contributed by atoms with E-state index in [0.29, 0.717) is 0 Å². The molecule has 0 amide bonds. The molecule has 1 aliphatic heterocycles. The van der Waals surface area contributed by atoms with E-state index in [1.54, 1.807) is 0 Å². The highest BCUT2D eigenvalue weighted by Crippen LogP contribution is 2.38. The first-order chi connectivity index (χ1) is 12.0. The predicted molar refractivity (Wildman–Crippen MR) is 101 cm³/mol. The molecule has 1 saturated heterocycles. The normalized spacial score (nSPS) is 30.6. The lowest BCUT2D eigenvalue weighted by Crippen LogP contribution is -2.39. The van der Waals surface area contributed by atoms with Gasteiger partial charge in [0, 0.05) is 13.1 Å². The van der Waals surface area contributed by atoms with Crippen molar-refractivity contribution in [2.75, 3.05) is 13.1 Å². The van der Waals surface area contributed by atoms with Crippen LogP contribution >= 0.6 is 0 Å². The van der Waals surface area contributed by atoms with Crippen molar-refractivity contribution in [1.29, 1.82) is 0 Å². The largest absolute Gasteiger partial charge is 0.459 e. The zero-order valence-corrected chi connectivity index (χ0v) is 16.0. The molecule has 1 aliphatic carbocycles. The number of carbonyl (C=O) groups excluding carboxylic acids is 1. The van der Waals surface area contributed by atoms with Crippen LogP contribution in [0.25, 0.3) is 0 Å². The molecule has 25 heavy (non-hydrogen) atoms. The van der Waals surface area contributed by atoms with Gasteiger partial charge in [-0.3, -0.25) is 9.69 Å². The van der Waals surface area contributed by atoms with E-state index in [1.165, 1.54) is 18.4 Å². The number of ether oxygens (including phenoxy) is 1. The molecule has 2 fully saturated rings. The Morgan fingerprint density at radius 3 is 2.52 bits per heavy atom. The first kappa shape index (κ1) is 18.4. The molecule has 1 aromatic rings. The van der Waals surface area contributed by atoms with Crippen LogP contribution in [0.2, 0.25) is 0 Å². The maximum Gasteiger partial charge on any atom is 0.310 e. The zero-order valence-electron chi connectivity index (χ0n) is 16.0. The Kier molecular flexibility index (Phi) is 5.83. The highest BCUT2D eigenvalue weighted by Gasteiger charge is 2.38. The monoisotopic (exact) mass is 343 g/mol. The summed E-state index contributed by atoms with van der Waals surface area (Å²) in [5.41, 5.74) is 1.07. The van der Waals surface area contributed by atoms with Gasteiger partial charge in [-0.05, 0) is 63.0 Å². The van der Waals surface area contributed by atoms with E-state index in [2.05, 4.69) is 49.9 Å². The fourth-order valence-corrected chi connectivity index (χ4v) is 4.36. The second kappa shape index (κ2) is 7.90. The molecule has 1 heterocycles. The molecule has 3 heteroatoms. The van der Waals surface area contributed by atoms with Gasteiger partial charge in [0.15, 0.2) is 0 Å². The van der Waals surface area contributed by atoms with Crippen LogP contribution in [0.15, 0.2) is 30.3 Å². The van der Waals surface area contributed by atoms with Gasteiger partial charge in [-0.2, -0.15) is 0 Å². The molecule has 1 atom stereocenters. The third kappa shape index (κ3) is 4.84. The lowest BCUT2D eigenvalue weighted by Gasteiger charge is -2.38. The summed E-state index contributed by atoms with van der Waals surface area (Å²) < 4.78 is 6.02. The maximum absolute atomic E-state index is 12.7. The number of hydrogen-bond acceptors (Lipinski definition) is 3. The van der Waals surface area contributed by atoms with E-state index < -0.39 is 0 Å². The minimum absolute atomic E-state index is 0.0288. The van der Waals surface area contributed by atoms with Crippen LogP contribution in [0.3, 0.4) is 0 Å². The number of carbonyl (C=O) groups is 1. The number of esters is 1. The van der Waals surface area contributed by atoms with Crippen molar-refractivity contribution >= 4 is 5.97 Å². The minimum Gasteiger partial charge on any atom is -0.459 e. The Hall–Kier alpha value is -1.35. The van der Waals surface area contributed by atoms with E-state index in [0.717, 1.165) is 50.7 Å². The first-order valence-corrected chi connectivity index (χ1v) is 9.94. The Labute approximate surface area is 152 Å². The average Bonchev–Trinajstić information content (AvgIpc) is 3.04. The summed E-state index contributed by atoms with van der Waals surface area (Å²) in [6.45, 7) is 9.49. The molecule has 138 valence electrons. The minimum atomic E-state index is -0.241. The summed E-state index contributed by atoms with van der Waals surface area (Å²) >= 11 is 0. The van der Waals surface area contributed by atoms with Crippen LogP contribution < -0.4 is 0 Å². The van der Waals surface area contributed by atoms with E-state index in [4.69, 9.17) is 4.74 Å². The second-order valence-corrected chi connectivity index (χ2v) is 8.66. The quantitative estimate of drug-likeness (QED) is 0.729. The molecule has 0 aromatic heterocycles. The summed E-state index contributed by atoms with van der Waals surface area (Å²) in [5, 5.41) is 0. The van der Waals surface area contributed by atoms with Crippen molar-refractivity contribution in [2.45, 2.75) is 65.0 Å². The van der Waals surface area contributed by atoms with E-state index in [1.807, 2.05) is 6.07 Å². The molecule has 0 spiro atoms. The van der Waals surface area contributed by atoms with Crippen LogP contribution in [0.5, 0.6) is 0 Å². The zero-order chi connectivity index (χ0) is 17.9. The Morgan fingerprint density at radius 1 is 1.20 bits per heavy atom. The van der Waals surface area contributed by atoms with Crippen molar-refractivity contribution in [1.82, 2.24) is 4.90 Å². The van der Waals surface area contributed by atoms with Crippen molar-refractivity contribution in [3.05, 3.63) is 35.9 Å². The van der Waals surface area contributed by atoms with Crippen LogP contribution in [0.1, 0.15) is 58.4 Å². The molecule has 0 bridgehead atoms. The number of benzene rings is 1. The smallest absolute Gasteiger partial charge is 0.310 e. The summed E-state index contributed by atoms with van der Waals surface area (Å²) in [5.74, 6) is 1.60. The molecular weight excluding hydrogens is 310 g/mol. The Bertz CT molecular complexity index is 561. The van der Waals surface area contributed by atoms with E-state index in [-0.39, 0.29) is 17.5 Å². The van der Waals surface area contributed by atoms with Crippen LogP contribution in [-0.2, 0) is 16.1 Å². The third-order valence-electron chi connectivity index (χ3n) is 6.23. The summed E-state index contributed by atoms with van der Waals surface area (Å²) in [6.07, 6.45) is 5.33. The van der Waals surface area contributed by atoms with Gasteiger partial charge in [-0.25, -0.2) is 0 Å². The topological polar surface area (TPSA) is 29.5 Å². The Morgan fingerprint density at radius 2 is 1.88 bits per heavy atom. The Balaban J connectivity index is 1.47. The highest BCUT2D eigenvalue weighted by molar-refractivity contribution is 5.73. The fraction of sp³-hybridized carbons (Fsp3) is 0.682. The van der Waals surface area contributed by atoms with Crippen LogP contribution in [-0.4, -0.2) is 29.6 Å². The lowest BCUT2D eigenvalue weighted by molar-refractivity contribution is -0.167. The summed E-state index contributed by atoms with van der Waals surface area (Å²) in [4.78, 5) is 15.1. The number of nitrogens with zero attached hydrogens (tertiary/aromatic N) is 1. The lowest BCUT2D eigenvalue weighted by atomic mass is 9.75. The molecule has 0 N–H and O–H groups in total. The van der Waals surface area contributed by atoms with Crippen molar-refractivity contribution in [3.8, 4) is 0 Å². The van der Waals surface area contributed by atoms with Gasteiger partial charge in [0.1, 0.15) is 5.60 Å². The van der Waals surface area contributed by atoms with Crippen LogP contribution in [0.4, 0.5) is 0 Å². The average molecular weight is 344 g/mol. The molecule has 3 rings (SSSR count). The van der Waals surface area contributed by atoms with Gasteiger partial charge in [-0.1, -0.05) is 44.2 Å². The summed E-state index contributed by atoms with van der Waals surface area (Å²) in [6, 6.07) is 10.5. The molecule has 1 saturated carbocycles. The van der Waals surface area contributed by atoms with Crippen molar-refractivity contribution in [2.24, 2.45) is 17.8 Å². The number of rotatable bonds is 5.